The van der Waals surface area contributed by atoms with Crippen LogP contribution in [0, 0.1) is 10.1 Å². The molecule has 0 aromatic heterocycles. The molecule has 2 aromatic carbocycles. The van der Waals surface area contributed by atoms with Crippen LogP contribution in [0.3, 0.4) is 0 Å². The van der Waals surface area contributed by atoms with Gasteiger partial charge in [-0.25, -0.2) is 0 Å². The maximum absolute atomic E-state index is 12.7. The SMILES string of the molecule is O=C(CCNc1ccc(C(F)(F)F)cc1[N+](=O)[O-])Nc1ccccc1Br. The molecule has 2 N–H and O–H groups in total. The topological polar surface area (TPSA) is 84.3 Å². The average molecular weight is 432 g/mol. The first-order chi connectivity index (χ1) is 12.2. The molecule has 0 radical (unpaired) electrons. The van der Waals surface area contributed by atoms with E-state index in [1.54, 1.807) is 24.3 Å². The van der Waals surface area contributed by atoms with Crippen LogP contribution in [0.25, 0.3) is 0 Å². The van der Waals surface area contributed by atoms with Gasteiger partial charge in [0.1, 0.15) is 5.69 Å². The third kappa shape index (κ3) is 5.19. The summed E-state index contributed by atoms with van der Waals surface area (Å²) >= 11 is 3.28. The molecule has 0 bridgehead atoms. The summed E-state index contributed by atoms with van der Waals surface area (Å²) in [5.74, 6) is -0.348. The van der Waals surface area contributed by atoms with Gasteiger partial charge >= 0.3 is 6.18 Å². The average Bonchev–Trinajstić information content (AvgIpc) is 2.56. The number of carbonyl (C=O) groups is 1. The molecule has 2 aromatic rings. The van der Waals surface area contributed by atoms with Crippen molar-refractivity contribution in [3.8, 4) is 0 Å². The summed E-state index contributed by atoms with van der Waals surface area (Å²) in [5, 5.41) is 16.3. The largest absolute Gasteiger partial charge is 0.416 e. The zero-order valence-electron chi connectivity index (χ0n) is 13.1. The fraction of sp³-hybridized carbons (Fsp3) is 0.188. The van der Waals surface area contributed by atoms with Crippen molar-refractivity contribution in [2.45, 2.75) is 12.6 Å². The number of hydrogen-bond donors (Lipinski definition) is 2. The normalized spacial score (nSPS) is 11.1. The number of rotatable bonds is 6. The van der Waals surface area contributed by atoms with Crippen LogP contribution < -0.4 is 10.6 Å². The summed E-state index contributed by atoms with van der Waals surface area (Å²) in [6.07, 6.45) is -4.70. The quantitative estimate of drug-likeness (QED) is 0.507. The van der Waals surface area contributed by atoms with Gasteiger partial charge in [0.15, 0.2) is 0 Å². The number of halogens is 4. The van der Waals surface area contributed by atoms with E-state index in [4.69, 9.17) is 0 Å². The van der Waals surface area contributed by atoms with Gasteiger partial charge in [0, 0.05) is 23.5 Å². The molecular formula is C16H13BrF3N3O3. The zero-order chi connectivity index (χ0) is 19.3. The number of nitro benzene ring substituents is 1. The van der Waals surface area contributed by atoms with Crippen molar-refractivity contribution in [2.75, 3.05) is 17.2 Å². The fourth-order valence-electron chi connectivity index (χ4n) is 2.09. The van der Waals surface area contributed by atoms with Crippen LogP contribution >= 0.6 is 15.9 Å². The Balaban J connectivity index is 2.00. The molecule has 138 valence electrons. The maximum atomic E-state index is 12.7. The Labute approximate surface area is 154 Å². The summed E-state index contributed by atoms with van der Waals surface area (Å²) in [5.41, 5.74) is -1.33. The van der Waals surface area contributed by atoms with Gasteiger partial charge in [0.25, 0.3) is 5.69 Å². The number of alkyl halides is 3. The summed E-state index contributed by atoms with van der Waals surface area (Å²) in [6.45, 7) is 0.0164. The van der Waals surface area contributed by atoms with Crippen LogP contribution in [0.15, 0.2) is 46.9 Å². The van der Waals surface area contributed by atoms with Gasteiger partial charge in [-0.3, -0.25) is 14.9 Å². The molecule has 0 aliphatic carbocycles. The highest BCUT2D eigenvalue weighted by atomic mass is 79.9. The monoisotopic (exact) mass is 431 g/mol. The van der Waals surface area contributed by atoms with E-state index in [0.29, 0.717) is 16.2 Å². The molecular weight excluding hydrogens is 419 g/mol. The van der Waals surface area contributed by atoms with Crippen molar-refractivity contribution >= 4 is 38.9 Å². The molecule has 0 aliphatic heterocycles. The minimum absolute atomic E-state index is 0.0164. The van der Waals surface area contributed by atoms with Crippen molar-refractivity contribution in [1.82, 2.24) is 0 Å². The first-order valence-electron chi connectivity index (χ1n) is 7.32. The molecule has 0 unspecified atom stereocenters. The highest BCUT2D eigenvalue weighted by Gasteiger charge is 2.33. The van der Waals surface area contributed by atoms with Crippen molar-refractivity contribution in [3.63, 3.8) is 0 Å². The van der Waals surface area contributed by atoms with Crippen molar-refractivity contribution in [2.24, 2.45) is 0 Å². The molecule has 0 fully saturated rings. The summed E-state index contributed by atoms with van der Waals surface area (Å²) in [4.78, 5) is 22.0. The fourth-order valence-corrected chi connectivity index (χ4v) is 2.48. The molecule has 2 rings (SSSR count). The van der Waals surface area contributed by atoms with Crippen molar-refractivity contribution in [3.05, 3.63) is 62.6 Å². The molecule has 0 atom stereocenters. The summed E-state index contributed by atoms with van der Waals surface area (Å²) in [6, 6.07) is 9.15. The number of carbonyl (C=O) groups excluding carboxylic acids is 1. The third-order valence-electron chi connectivity index (χ3n) is 3.34. The first-order valence-corrected chi connectivity index (χ1v) is 8.11. The first kappa shape index (κ1) is 19.7. The van der Waals surface area contributed by atoms with Gasteiger partial charge in [0.2, 0.25) is 5.91 Å². The lowest BCUT2D eigenvalue weighted by Gasteiger charge is -2.11. The van der Waals surface area contributed by atoms with Gasteiger partial charge in [0.05, 0.1) is 16.2 Å². The van der Waals surface area contributed by atoms with Crippen LogP contribution in [0.5, 0.6) is 0 Å². The molecule has 1 amide bonds. The van der Waals surface area contributed by atoms with E-state index in [2.05, 4.69) is 26.6 Å². The number of benzene rings is 2. The van der Waals surface area contributed by atoms with Gasteiger partial charge in [-0.1, -0.05) is 12.1 Å². The molecule has 0 saturated heterocycles. The number of anilines is 2. The Kier molecular flexibility index (Phi) is 6.19. The predicted octanol–water partition coefficient (Wildman–Crippen LogP) is 4.82. The lowest BCUT2D eigenvalue weighted by Crippen LogP contribution is -2.17. The van der Waals surface area contributed by atoms with Crippen LogP contribution in [0.1, 0.15) is 12.0 Å². The van der Waals surface area contributed by atoms with Gasteiger partial charge < -0.3 is 10.6 Å². The minimum atomic E-state index is -4.67. The molecule has 10 heteroatoms. The van der Waals surface area contributed by atoms with Crippen LogP contribution in [-0.4, -0.2) is 17.4 Å². The van der Waals surface area contributed by atoms with Crippen LogP contribution in [-0.2, 0) is 11.0 Å². The Hall–Kier alpha value is -2.62. The van der Waals surface area contributed by atoms with E-state index in [9.17, 15) is 28.1 Å². The molecule has 0 saturated carbocycles. The second-order valence-corrected chi connectivity index (χ2v) is 6.05. The number of hydrogen-bond acceptors (Lipinski definition) is 4. The second-order valence-electron chi connectivity index (χ2n) is 5.19. The maximum Gasteiger partial charge on any atom is 0.416 e. The van der Waals surface area contributed by atoms with Gasteiger partial charge in [-0.15, -0.1) is 0 Å². The van der Waals surface area contributed by atoms with Crippen LogP contribution in [0.2, 0.25) is 0 Å². The van der Waals surface area contributed by atoms with E-state index in [0.717, 1.165) is 12.1 Å². The zero-order valence-corrected chi connectivity index (χ0v) is 14.7. The highest BCUT2D eigenvalue weighted by molar-refractivity contribution is 9.10. The molecule has 0 spiro atoms. The van der Waals surface area contributed by atoms with E-state index in [-0.39, 0.29) is 24.6 Å². The van der Waals surface area contributed by atoms with Crippen molar-refractivity contribution < 1.29 is 22.9 Å². The van der Waals surface area contributed by atoms with Gasteiger partial charge in [-0.2, -0.15) is 13.2 Å². The molecule has 6 nitrogen and oxygen atoms in total. The van der Waals surface area contributed by atoms with E-state index in [1.165, 1.54) is 0 Å². The smallest absolute Gasteiger partial charge is 0.379 e. The van der Waals surface area contributed by atoms with E-state index >= 15 is 0 Å². The standard InChI is InChI=1S/C16H13BrF3N3O3/c17-11-3-1-2-4-12(11)22-15(24)7-8-21-13-6-5-10(16(18,19)20)9-14(13)23(25)26/h1-6,9,21H,7-8H2,(H,22,24). The lowest BCUT2D eigenvalue weighted by molar-refractivity contribution is -0.384. The Morgan fingerprint density at radius 1 is 1.15 bits per heavy atom. The minimum Gasteiger partial charge on any atom is -0.379 e. The number of nitrogens with zero attached hydrogens (tertiary/aromatic N) is 1. The number of para-hydroxylation sites is 1. The van der Waals surface area contributed by atoms with Crippen LogP contribution in [0.4, 0.5) is 30.2 Å². The summed E-state index contributed by atoms with van der Waals surface area (Å²) in [7, 11) is 0. The number of nitrogens with one attached hydrogen (secondary N) is 2. The predicted molar refractivity (Wildman–Crippen MR) is 94.0 cm³/mol. The van der Waals surface area contributed by atoms with Crippen molar-refractivity contribution in [1.29, 1.82) is 0 Å². The Morgan fingerprint density at radius 3 is 2.46 bits per heavy atom. The lowest BCUT2D eigenvalue weighted by atomic mass is 10.1. The molecule has 26 heavy (non-hydrogen) atoms. The third-order valence-corrected chi connectivity index (χ3v) is 4.03. The number of nitro groups is 1. The molecule has 0 aliphatic rings. The van der Waals surface area contributed by atoms with Gasteiger partial charge in [-0.05, 0) is 40.2 Å². The second kappa shape index (κ2) is 8.17. The van der Waals surface area contributed by atoms with E-state index in [1.807, 2.05) is 0 Å². The summed E-state index contributed by atoms with van der Waals surface area (Å²) < 4.78 is 38.7. The van der Waals surface area contributed by atoms with E-state index < -0.39 is 22.4 Å². The molecule has 0 heterocycles. The Morgan fingerprint density at radius 2 is 1.85 bits per heavy atom. The number of amides is 1. The Bertz CT molecular complexity index is 828. The highest BCUT2D eigenvalue weighted by Crippen LogP contribution is 2.34.